The van der Waals surface area contributed by atoms with Gasteiger partial charge in [-0.3, -0.25) is 4.79 Å². The molecule has 0 radical (unpaired) electrons. The zero-order valence-corrected chi connectivity index (χ0v) is 14.0. The van der Waals surface area contributed by atoms with Gasteiger partial charge in [-0.05, 0) is 19.3 Å². The number of carbonyl (C=O) groups is 1. The number of rotatable bonds is 6. The first kappa shape index (κ1) is 17.7. The minimum absolute atomic E-state index is 0.0119. The van der Waals surface area contributed by atoms with Crippen molar-refractivity contribution in [2.24, 2.45) is 0 Å². The van der Waals surface area contributed by atoms with Crippen molar-refractivity contribution in [3.8, 4) is 0 Å². The predicted molar refractivity (Wildman–Crippen MR) is 84.0 cm³/mol. The number of amides is 1. The molecule has 0 aliphatic carbocycles. The smallest absolute Gasteiger partial charge is 0.221 e. The molecule has 0 aromatic rings. The van der Waals surface area contributed by atoms with Crippen molar-refractivity contribution >= 4 is 15.9 Å². The fourth-order valence-electron chi connectivity index (χ4n) is 2.93. The van der Waals surface area contributed by atoms with Crippen LogP contribution in [0.15, 0.2) is 0 Å². The van der Waals surface area contributed by atoms with Crippen LogP contribution in [0.3, 0.4) is 0 Å². The zero-order chi connectivity index (χ0) is 16.0. The summed E-state index contributed by atoms with van der Waals surface area (Å²) in [7, 11) is -3.11. The fourth-order valence-corrected chi connectivity index (χ4v) is 4.47. The average molecular weight is 333 g/mol. The molecule has 0 aromatic heterocycles. The van der Waals surface area contributed by atoms with E-state index in [9.17, 15) is 13.2 Å². The molecule has 128 valence electrons. The highest BCUT2D eigenvalue weighted by atomic mass is 32.2. The van der Waals surface area contributed by atoms with E-state index < -0.39 is 10.0 Å². The highest BCUT2D eigenvalue weighted by Crippen LogP contribution is 2.15. The van der Waals surface area contributed by atoms with Gasteiger partial charge in [0, 0.05) is 38.1 Å². The Bertz CT molecular complexity index is 455. The molecule has 2 fully saturated rings. The summed E-state index contributed by atoms with van der Waals surface area (Å²) in [6.45, 7) is 4.92. The van der Waals surface area contributed by atoms with Crippen molar-refractivity contribution in [3.05, 3.63) is 0 Å². The van der Waals surface area contributed by atoms with E-state index >= 15 is 0 Å². The van der Waals surface area contributed by atoms with Crippen LogP contribution in [-0.2, 0) is 19.6 Å². The number of nitrogens with one attached hydrogen (secondary N) is 2. The molecule has 2 aliphatic rings. The van der Waals surface area contributed by atoms with E-state index in [1.807, 2.05) is 6.92 Å². The predicted octanol–water partition coefficient (Wildman–Crippen LogP) is -0.315. The number of sulfonamides is 1. The van der Waals surface area contributed by atoms with Crippen LogP contribution in [0.25, 0.3) is 0 Å². The van der Waals surface area contributed by atoms with Crippen molar-refractivity contribution in [1.82, 2.24) is 14.9 Å². The molecule has 2 aliphatic heterocycles. The third-order valence-corrected chi connectivity index (χ3v) is 6.18. The second-order valence-corrected chi connectivity index (χ2v) is 8.08. The Morgan fingerprint density at radius 3 is 2.68 bits per heavy atom. The van der Waals surface area contributed by atoms with Crippen molar-refractivity contribution in [2.75, 3.05) is 38.6 Å². The summed E-state index contributed by atoms with van der Waals surface area (Å²) in [6.07, 6.45) is 2.41. The van der Waals surface area contributed by atoms with Crippen molar-refractivity contribution in [3.63, 3.8) is 0 Å². The third kappa shape index (κ3) is 5.19. The van der Waals surface area contributed by atoms with Crippen molar-refractivity contribution < 1.29 is 17.9 Å². The monoisotopic (exact) mass is 333 g/mol. The van der Waals surface area contributed by atoms with Crippen LogP contribution < -0.4 is 10.6 Å². The summed E-state index contributed by atoms with van der Waals surface area (Å²) in [5.41, 5.74) is 0. The summed E-state index contributed by atoms with van der Waals surface area (Å²) in [5.74, 6) is 0.218. The highest BCUT2D eigenvalue weighted by Gasteiger charge is 2.28. The Hall–Kier alpha value is -0.700. The second kappa shape index (κ2) is 8.24. The number of piperidine rings is 1. The molecule has 22 heavy (non-hydrogen) atoms. The number of hydrogen-bond acceptors (Lipinski definition) is 5. The maximum atomic E-state index is 12.0. The van der Waals surface area contributed by atoms with E-state index in [-0.39, 0.29) is 23.7 Å². The molecule has 1 unspecified atom stereocenters. The molecule has 0 aromatic carbocycles. The average Bonchev–Trinajstić information content (AvgIpc) is 2.48. The second-order valence-electron chi connectivity index (χ2n) is 5.99. The Kier molecular flexibility index (Phi) is 6.61. The van der Waals surface area contributed by atoms with E-state index in [1.54, 1.807) is 4.31 Å². The molecule has 2 heterocycles. The van der Waals surface area contributed by atoms with E-state index in [2.05, 4.69) is 10.6 Å². The normalized spacial score (nSPS) is 25.0. The molecule has 0 spiro atoms. The van der Waals surface area contributed by atoms with E-state index in [0.29, 0.717) is 52.0 Å². The zero-order valence-electron chi connectivity index (χ0n) is 13.2. The van der Waals surface area contributed by atoms with Gasteiger partial charge in [-0.25, -0.2) is 12.7 Å². The van der Waals surface area contributed by atoms with Crippen LogP contribution in [0, 0.1) is 0 Å². The first-order valence-corrected chi connectivity index (χ1v) is 9.70. The van der Waals surface area contributed by atoms with Crippen LogP contribution in [0.4, 0.5) is 0 Å². The van der Waals surface area contributed by atoms with E-state index in [1.165, 1.54) is 0 Å². The minimum atomic E-state index is -3.11. The topological polar surface area (TPSA) is 87.7 Å². The Morgan fingerprint density at radius 1 is 1.36 bits per heavy atom. The molecule has 8 heteroatoms. The van der Waals surface area contributed by atoms with Crippen LogP contribution in [0.5, 0.6) is 0 Å². The maximum Gasteiger partial charge on any atom is 0.221 e. The highest BCUT2D eigenvalue weighted by molar-refractivity contribution is 7.89. The van der Waals surface area contributed by atoms with Gasteiger partial charge in [0.1, 0.15) is 0 Å². The fraction of sp³-hybridized carbons (Fsp3) is 0.929. The third-order valence-electron chi connectivity index (χ3n) is 4.10. The molecular formula is C14H27N3O4S. The lowest BCUT2D eigenvalue weighted by Crippen LogP contribution is -2.49. The Morgan fingerprint density at radius 2 is 2.09 bits per heavy atom. The lowest BCUT2D eigenvalue weighted by atomic mass is 10.1. The van der Waals surface area contributed by atoms with Gasteiger partial charge in [0.05, 0.1) is 19.0 Å². The summed E-state index contributed by atoms with van der Waals surface area (Å²) >= 11 is 0. The first-order chi connectivity index (χ1) is 10.5. The lowest BCUT2D eigenvalue weighted by molar-refractivity contribution is -0.123. The quantitative estimate of drug-likeness (QED) is 0.696. The van der Waals surface area contributed by atoms with Crippen molar-refractivity contribution in [2.45, 2.75) is 44.7 Å². The van der Waals surface area contributed by atoms with E-state index in [0.717, 1.165) is 6.54 Å². The Balaban J connectivity index is 1.71. The van der Waals surface area contributed by atoms with Crippen LogP contribution in [0.1, 0.15) is 32.6 Å². The number of nitrogens with zero attached hydrogens (tertiary/aromatic N) is 1. The molecule has 2 N–H and O–H groups in total. The largest absolute Gasteiger partial charge is 0.378 e. The number of carbonyl (C=O) groups excluding carboxylic acids is 1. The maximum absolute atomic E-state index is 12.0. The van der Waals surface area contributed by atoms with Gasteiger partial charge in [-0.15, -0.1) is 0 Å². The van der Waals surface area contributed by atoms with Gasteiger partial charge >= 0.3 is 0 Å². The molecule has 0 bridgehead atoms. The van der Waals surface area contributed by atoms with Gasteiger partial charge in [0.25, 0.3) is 0 Å². The number of hydrogen-bond donors (Lipinski definition) is 2. The molecule has 1 atom stereocenters. The van der Waals surface area contributed by atoms with Gasteiger partial charge in [-0.1, -0.05) is 6.92 Å². The van der Waals surface area contributed by atoms with Gasteiger partial charge < -0.3 is 15.4 Å². The number of morpholine rings is 1. The SMILES string of the molecule is CCCS(=O)(=O)N1CCC(NC(=O)CC2COCCN2)CC1. The minimum Gasteiger partial charge on any atom is -0.378 e. The van der Waals surface area contributed by atoms with E-state index in [4.69, 9.17) is 4.74 Å². The number of ether oxygens (including phenoxy) is 1. The first-order valence-electron chi connectivity index (χ1n) is 8.09. The van der Waals surface area contributed by atoms with Gasteiger partial charge in [0.2, 0.25) is 15.9 Å². The summed E-state index contributed by atoms with van der Waals surface area (Å²) in [5, 5.41) is 6.27. The molecular weight excluding hydrogens is 306 g/mol. The van der Waals surface area contributed by atoms with Crippen LogP contribution in [0.2, 0.25) is 0 Å². The van der Waals surface area contributed by atoms with Crippen LogP contribution >= 0.6 is 0 Å². The molecule has 2 saturated heterocycles. The van der Waals surface area contributed by atoms with Crippen LogP contribution in [-0.4, -0.2) is 69.3 Å². The summed E-state index contributed by atoms with van der Waals surface area (Å²) in [6, 6.07) is 0.156. The molecule has 1 amide bonds. The van der Waals surface area contributed by atoms with Gasteiger partial charge in [0.15, 0.2) is 0 Å². The lowest BCUT2D eigenvalue weighted by Gasteiger charge is -2.32. The summed E-state index contributed by atoms with van der Waals surface area (Å²) in [4.78, 5) is 12.0. The Labute approximate surface area is 132 Å². The van der Waals surface area contributed by atoms with Gasteiger partial charge in [-0.2, -0.15) is 0 Å². The van der Waals surface area contributed by atoms with Crippen molar-refractivity contribution in [1.29, 1.82) is 0 Å². The molecule has 0 saturated carbocycles. The summed E-state index contributed by atoms with van der Waals surface area (Å²) < 4.78 is 30.9. The molecule has 7 nitrogen and oxygen atoms in total. The molecule has 2 rings (SSSR count). The standard InChI is InChI=1S/C14H27N3O4S/c1-2-9-22(19,20)17-6-3-12(4-7-17)16-14(18)10-13-11-21-8-5-15-13/h12-13,15H,2-11H2,1H3,(H,16,18).